The van der Waals surface area contributed by atoms with Crippen LogP contribution >= 0.6 is 0 Å². The van der Waals surface area contributed by atoms with E-state index < -0.39 is 0 Å². The summed E-state index contributed by atoms with van der Waals surface area (Å²) in [6.45, 7) is 5.26. The molecule has 0 spiro atoms. The van der Waals surface area contributed by atoms with E-state index in [1.807, 2.05) is 30.3 Å². The lowest BCUT2D eigenvalue weighted by Crippen LogP contribution is -2.59. The predicted molar refractivity (Wildman–Crippen MR) is 104 cm³/mol. The van der Waals surface area contributed by atoms with Gasteiger partial charge in [0, 0.05) is 18.2 Å². The third-order valence-corrected chi connectivity index (χ3v) is 6.92. The fourth-order valence-corrected chi connectivity index (χ4v) is 5.09. The third-order valence-electron chi connectivity index (χ3n) is 6.92. The normalized spacial score (nSPS) is 26.8. The molecule has 1 aliphatic heterocycles. The molecule has 2 bridgehead atoms. The number of phenolic OH excluding ortho intramolecular Hbond substituents is 1. The number of benzene rings is 2. The molecule has 0 saturated carbocycles. The zero-order chi connectivity index (χ0) is 18.8. The van der Waals surface area contributed by atoms with Crippen LogP contribution in [0.4, 0.5) is 0 Å². The first-order valence-electron chi connectivity index (χ1n) is 9.54. The number of hydrogen-bond donors (Lipinski definition) is 2. The van der Waals surface area contributed by atoms with Gasteiger partial charge < -0.3 is 15.0 Å². The number of imidazole rings is 1. The van der Waals surface area contributed by atoms with Crippen molar-refractivity contribution in [2.24, 2.45) is 5.92 Å². The van der Waals surface area contributed by atoms with Crippen LogP contribution in [0.25, 0.3) is 11.0 Å². The number of likely N-dealkylation sites (tertiary alicyclic amines) is 1. The van der Waals surface area contributed by atoms with Gasteiger partial charge in [-0.25, -0.2) is 4.98 Å². The van der Waals surface area contributed by atoms with Crippen LogP contribution in [0.1, 0.15) is 41.8 Å². The molecule has 2 aliphatic rings. The van der Waals surface area contributed by atoms with E-state index in [1.165, 1.54) is 11.1 Å². The Morgan fingerprint density at radius 1 is 1.30 bits per heavy atom. The third kappa shape index (κ3) is 2.30. The number of hydrogen-bond acceptors (Lipinski definition) is 3. The van der Waals surface area contributed by atoms with Crippen molar-refractivity contribution in [1.82, 2.24) is 14.9 Å². The van der Waals surface area contributed by atoms with Crippen LogP contribution in [0.15, 0.2) is 42.7 Å². The van der Waals surface area contributed by atoms with E-state index >= 15 is 0 Å². The van der Waals surface area contributed by atoms with E-state index in [1.54, 1.807) is 12.4 Å². The highest BCUT2D eigenvalue weighted by Crippen LogP contribution is 2.49. The number of rotatable bonds is 1. The SMILES string of the molecule is C[C@H]1[C@@H]2Cc3ccc(O)cc3[C@@]1(C)CCN2C(=O)c1ccc2nc[nH]c2c1. The number of aromatic hydroxyl groups is 1. The fourth-order valence-electron chi connectivity index (χ4n) is 5.09. The fraction of sp³-hybridized carbons (Fsp3) is 0.364. The molecule has 5 nitrogen and oxygen atoms in total. The van der Waals surface area contributed by atoms with Crippen molar-refractivity contribution in [2.45, 2.75) is 38.1 Å². The molecule has 2 N–H and O–H groups in total. The van der Waals surface area contributed by atoms with Crippen LogP contribution < -0.4 is 0 Å². The van der Waals surface area contributed by atoms with Crippen LogP contribution in [0, 0.1) is 5.92 Å². The summed E-state index contributed by atoms with van der Waals surface area (Å²) in [6.07, 6.45) is 3.39. The molecule has 0 radical (unpaired) electrons. The highest BCUT2D eigenvalue weighted by Gasteiger charge is 2.49. The number of aromatic amines is 1. The van der Waals surface area contributed by atoms with Crippen molar-refractivity contribution in [2.75, 3.05) is 6.54 Å². The zero-order valence-corrected chi connectivity index (χ0v) is 15.6. The maximum absolute atomic E-state index is 13.3. The van der Waals surface area contributed by atoms with E-state index in [2.05, 4.69) is 28.7 Å². The van der Waals surface area contributed by atoms with Gasteiger partial charge in [0.05, 0.1) is 17.4 Å². The largest absolute Gasteiger partial charge is 0.508 e. The van der Waals surface area contributed by atoms with Crippen LogP contribution in [0.5, 0.6) is 5.75 Å². The van der Waals surface area contributed by atoms with Crippen molar-refractivity contribution in [3.63, 3.8) is 0 Å². The summed E-state index contributed by atoms with van der Waals surface area (Å²) in [5.41, 5.74) is 4.95. The number of H-pyrrole nitrogens is 1. The van der Waals surface area contributed by atoms with Crippen molar-refractivity contribution in [3.8, 4) is 5.75 Å². The van der Waals surface area contributed by atoms with Gasteiger partial charge in [-0.05, 0) is 65.6 Å². The molecule has 2 heterocycles. The minimum absolute atomic E-state index is 0.0128. The predicted octanol–water partition coefficient (Wildman–Crippen LogP) is 3.63. The average molecular weight is 361 g/mol. The molecule has 1 aromatic heterocycles. The maximum Gasteiger partial charge on any atom is 0.254 e. The second kappa shape index (κ2) is 5.59. The molecule has 138 valence electrons. The van der Waals surface area contributed by atoms with Crippen molar-refractivity contribution in [1.29, 1.82) is 0 Å². The summed E-state index contributed by atoms with van der Waals surface area (Å²) in [4.78, 5) is 22.7. The van der Waals surface area contributed by atoms with Gasteiger partial charge in [-0.3, -0.25) is 4.79 Å². The Morgan fingerprint density at radius 2 is 2.15 bits per heavy atom. The summed E-state index contributed by atoms with van der Waals surface area (Å²) in [7, 11) is 0. The minimum atomic E-state index is -0.0128. The molecule has 1 aliphatic carbocycles. The summed E-state index contributed by atoms with van der Waals surface area (Å²) in [5, 5.41) is 9.97. The first-order valence-corrected chi connectivity index (χ1v) is 9.54. The molecular weight excluding hydrogens is 338 g/mol. The van der Waals surface area contributed by atoms with E-state index in [9.17, 15) is 9.90 Å². The molecule has 1 fully saturated rings. The number of phenols is 1. The summed E-state index contributed by atoms with van der Waals surface area (Å²) in [5.74, 6) is 0.750. The molecule has 1 saturated heterocycles. The van der Waals surface area contributed by atoms with Gasteiger partial charge in [-0.2, -0.15) is 0 Å². The summed E-state index contributed by atoms with van der Waals surface area (Å²) in [6, 6.07) is 11.5. The smallest absolute Gasteiger partial charge is 0.254 e. The van der Waals surface area contributed by atoms with Gasteiger partial charge in [0.15, 0.2) is 0 Å². The second-order valence-corrected chi connectivity index (χ2v) is 8.20. The zero-order valence-electron chi connectivity index (χ0n) is 15.6. The maximum atomic E-state index is 13.3. The molecule has 5 heteroatoms. The molecular formula is C22H23N3O2. The number of carbonyl (C=O) groups excluding carboxylic acids is 1. The number of piperidine rings is 1. The van der Waals surface area contributed by atoms with Gasteiger partial charge in [0.25, 0.3) is 5.91 Å². The lowest BCUT2D eigenvalue weighted by molar-refractivity contribution is 0.0250. The monoisotopic (exact) mass is 361 g/mol. The highest BCUT2D eigenvalue weighted by atomic mass is 16.3. The Bertz CT molecular complexity index is 1060. The molecule has 3 aromatic rings. The van der Waals surface area contributed by atoms with Crippen molar-refractivity contribution >= 4 is 16.9 Å². The summed E-state index contributed by atoms with van der Waals surface area (Å²) >= 11 is 0. The van der Waals surface area contributed by atoms with E-state index in [4.69, 9.17) is 0 Å². The van der Waals surface area contributed by atoms with Crippen molar-refractivity contribution < 1.29 is 9.90 Å². The number of fused-ring (bicyclic) bond motifs is 5. The Balaban J connectivity index is 1.52. The van der Waals surface area contributed by atoms with Crippen LogP contribution in [0.3, 0.4) is 0 Å². The van der Waals surface area contributed by atoms with Gasteiger partial charge in [0.1, 0.15) is 5.75 Å². The Hall–Kier alpha value is -2.82. The average Bonchev–Trinajstić information content (AvgIpc) is 3.13. The highest BCUT2D eigenvalue weighted by molar-refractivity contribution is 5.97. The quantitative estimate of drug-likeness (QED) is 0.695. The van der Waals surface area contributed by atoms with Crippen LogP contribution in [-0.2, 0) is 11.8 Å². The van der Waals surface area contributed by atoms with Gasteiger partial charge >= 0.3 is 0 Å². The van der Waals surface area contributed by atoms with Gasteiger partial charge in [-0.15, -0.1) is 0 Å². The lowest BCUT2D eigenvalue weighted by atomic mass is 9.59. The van der Waals surface area contributed by atoms with E-state index in [-0.39, 0.29) is 17.4 Å². The molecule has 27 heavy (non-hydrogen) atoms. The topological polar surface area (TPSA) is 69.2 Å². The Kier molecular flexibility index (Phi) is 3.39. The molecule has 3 atom stereocenters. The molecule has 2 aromatic carbocycles. The standard InChI is InChI=1S/C22H23N3O2/c1-13-20-10-14-3-5-16(26)11-17(14)22(13,2)7-8-25(20)21(27)15-4-6-18-19(9-15)24-12-23-18/h3-6,9,11-13,20,26H,7-8,10H2,1-2H3,(H,23,24)/t13-,20-,22-/m0/s1. The Morgan fingerprint density at radius 3 is 3.00 bits per heavy atom. The number of aromatic nitrogens is 2. The van der Waals surface area contributed by atoms with E-state index in [0.717, 1.165) is 30.4 Å². The first kappa shape index (κ1) is 16.4. The lowest BCUT2D eigenvalue weighted by Gasteiger charge is -2.54. The van der Waals surface area contributed by atoms with Gasteiger partial charge in [0.2, 0.25) is 0 Å². The van der Waals surface area contributed by atoms with Gasteiger partial charge in [-0.1, -0.05) is 19.9 Å². The summed E-state index contributed by atoms with van der Waals surface area (Å²) < 4.78 is 0. The van der Waals surface area contributed by atoms with Crippen LogP contribution in [0.2, 0.25) is 0 Å². The molecule has 0 unspecified atom stereocenters. The number of nitrogens with zero attached hydrogens (tertiary/aromatic N) is 2. The van der Waals surface area contributed by atoms with Crippen molar-refractivity contribution in [3.05, 3.63) is 59.4 Å². The minimum Gasteiger partial charge on any atom is -0.508 e. The second-order valence-electron chi connectivity index (χ2n) is 8.20. The molecule has 1 amide bonds. The van der Waals surface area contributed by atoms with E-state index in [0.29, 0.717) is 17.2 Å². The van der Waals surface area contributed by atoms with Crippen LogP contribution in [-0.4, -0.2) is 38.5 Å². The number of nitrogens with one attached hydrogen (secondary N) is 1. The Labute approximate surface area is 158 Å². The number of amides is 1. The first-order chi connectivity index (χ1) is 13.0. The molecule has 5 rings (SSSR count). The number of carbonyl (C=O) groups is 1.